The molecule has 0 saturated carbocycles. The number of ether oxygens (including phenoxy) is 1. The van der Waals surface area contributed by atoms with E-state index in [-0.39, 0.29) is 5.88 Å². The molecule has 2 rings (SSSR count). The Labute approximate surface area is 120 Å². The van der Waals surface area contributed by atoms with Crippen molar-refractivity contribution in [2.75, 3.05) is 0 Å². The second kappa shape index (κ2) is 5.91. The maximum absolute atomic E-state index is 13.6. The van der Waals surface area contributed by atoms with Gasteiger partial charge in [-0.3, -0.25) is 10.1 Å². The van der Waals surface area contributed by atoms with Crippen molar-refractivity contribution in [2.45, 2.75) is 5.33 Å². The Hall–Kier alpha value is -2.09. The number of pyridine rings is 1. The minimum Gasteiger partial charge on any atom is -0.436 e. The number of nitrogens with zero attached hydrogens (tertiary/aromatic N) is 2. The minimum atomic E-state index is -1.18. The van der Waals surface area contributed by atoms with Crippen LogP contribution in [0, 0.1) is 21.7 Å². The second-order valence-electron chi connectivity index (χ2n) is 3.73. The molecule has 0 aliphatic carbocycles. The van der Waals surface area contributed by atoms with Gasteiger partial charge in [-0.1, -0.05) is 22.0 Å². The molecule has 0 saturated heterocycles. The Kier molecular flexibility index (Phi) is 4.23. The summed E-state index contributed by atoms with van der Waals surface area (Å²) in [7, 11) is 0. The molecule has 0 aliphatic rings. The lowest BCUT2D eigenvalue weighted by molar-refractivity contribution is -0.387. The number of hydrogen-bond acceptors (Lipinski definition) is 4. The number of nitro groups is 1. The summed E-state index contributed by atoms with van der Waals surface area (Å²) >= 11 is 3.24. The fourth-order valence-corrected chi connectivity index (χ4v) is 1.73. The van der Waals surface area contributed by atoms with Crippen LogP contribution in [0.25, 0.3) is 0 Å². The summed E-state index contributed by atoms with van der Waals surface area (Å²) in [4.78, 5) is 13.3. The van der Waals surface area contributed by atoms with E-state index in [1.807, 2.05) is 0 Å². The molecule has 0 spiro atoms. The zero-order chi connectivity index (χ0) is 14.7. The van der Waals surface area contributed by atoms with Crippen LogP contribution in [-0.2, 0) is 5.33 Å². The van der Waals surface area contributed by atoms with E-state index < -0.39 is 28.0 Å². The maximum atomic E-state index is 13.6. The van der Waals surface area contributed by atoms with Gasteiger partial charge in [-0.2, -0.15) is 4.39 Å². The normalized spacial score (nSPS) is 10.3. The lowest BCUT2D eigenvalue weighted by Gasteiger charge is -2.06. The van der Waals surface area contributed by atoms with Crippen molar-refractivity contribution >= 4 is 21.6 Å². The van der Waals surface area contributed by atoms with Gasteiger partial charge in [-0.25, -0.2) is 9.37 Å². The average molecular weight is 345 g/mol. The lowest BCUT2D eigenvalue weighted by Crippen LogP contribution is -1.97. The Morgan fingerprint density at radius 3 is 2.60 bits per heavy atom. The molecule has 1 aromatic carbocycles. The van der Waals surface area contributed by atoms with Crippen LogP contribution < -0.4 is 4.74 Å². The van der Waals surface area contributed by atoms with Crippen molar-refractivity contribution in [1.29, 1.82) is 0 Å². The van der Waals surface area contributed by atoms with E-state index in [1.54, 1.807) is 6.07 Å². The van der Waals surface area contributed by atoms with Crippen LogP contribution in [-0.4, -0.2) is 9.91 Å². The zero-order valence-corrected chi connectivity index (χ0v) is 11.4. The summed E-state index contributed by atoms with van der Waals surface area (Å²) in [5.74, 6) is -2.62. The summed E-state index contributed by atoms with van der Waals surface area (Å²) in [5, 5.41) is 11.1. The molecule has 0 unspecified atom stereocenters. The fraction of sp³-hybridized carbons (Fsp3) is 0.0833. The van der Waals surface area contributed by atoms with Gasteiger partial charge < -0.3 is 4.74 Å². The molecule has 0 N–H and O–H groups in total. The molecule has 0 fully saturated rings. The van der Waals surface area contributed by atoms with Crippen LogP contribution in [0.3, 0.4) is 0 Å². The topological polar surface area (TPSA) is 65.3 Å². The molecular formula is C12H7BrF2N2O3. The molecule has 1 aromatic heterocycles. The number of benzene rings is 1. The van der Waals surface area contributed by atoms with Crippen molar-refractivity contribution in [3.8, 4) is 11.6 Å². The van der Waals surface area contributed by atoms with Gasteiger partial charge in [0, 0.05) is 23.7 Å². The highest BCUT2D eigenvalue weighted by Crippen LogP contribution is 2.29. The summed E-state index contributed by atoms with van der Waals surface area (Å²) < 4.78 is 32.0. The smallest absolute Gasteiger partial charge is 0.307 e. The van der Waals surface area contributed by atoms with Crippen molar-refractivity contribution < 1.29 is 18.4 Å². The predicted molar refractivity (Wildman–Crippen MR) is 70.0 cm³/mol. The maximum Gasteiger partial charge on any atom is 0.307 e. The Bertz CT molecular complexity index is 650. The molecule has 1 heterocycles. The third-order valence-corrected chi connectivity index (χ3v) is 3.01. The van der Waals surface area contributed by atoms with Crippen molar-refractivity contribution in [3.63, 3.8) is 0 Å². The highest BCUT2D eigenvalue weighted by Gasteiger charge is 2.19. The van der Waals surface area contributed by atoms with Crippen molar-refractivity contribution in [2.24, 2.45) is 0 Å². The van der Waals surface area contributed by atoms with Crippen LogP contribution in [0.4, 0.5) is 14.5 Å². The number of rotatable bonds is 4. The third-order valence-electron chi connectivity index (χ3n) is 2.36. The highest BCUT2D eigenvalue weighted by molar-refractivity contribution is 9.08. The van der Waals surface area contributed by atoms with Crippen molar-refractivity contribution in [1.82, 2.24) is 4.98 Å². The standard InChI is InChI=1S/C12H7BrF2N2O3/c13-5-7-1-2-12(16-6-7)20-11-4-8(14)10(17(18)19)3-9(11)15/h1-4,6H,5H2. The number of hydrogen-bond donors (Lipinski definition) is 0. The highest BCUT2D eigenvalue weighted by atomic mass is 79.9. The molecule has 0 bridgehead atoms. The predicted octanol–water partition coefficient (Wildman–Crippen LogP) is 3.96. The summed E-state index contributed by atoms with van der Waals surface area (Å²) in [6.07, 6.45) is 1.50. The quantitative estimate of drug-likeness (QED) is 0.478. The van der Waals surface area contributed by atoms with Gasteiger partial charge in [0.15, 0.2) is 11.6 Å². The molecule has 8 heteroatoms. The Morgan fingerprint density at radius 2 is 2.05 bits per heavy atom. The second-order valence-corrected chi connectivity index (χ2v) is 4.29. The average Bonchev–Trinajstić information content (AvgIpc) is 2.43. The van der Waals surface area contributed by atoms with Crippen molar-refractivity contribution in [3.05, 3.63) is 57.8 Å². The van der Waals surface area contributed by atoms with Gasteiger partial charge in [0.05, 0.1) is 11.0 Å². The monoisotopic (exact) mass is 344 g/mol. The summed E-state index contributed by atoms with van der Waals surface area (Å²) in [5.41, 5.74) is -0.0647. The first kappa shape index (κ1) is 14.3. The van der Waals surface area contributed by atoms with Gasteiger partial charge in [0.1, 0.15) is 0 Å². The molecule has 0 atom stereocenters. The molecule has 2 aromatic rings. The first-order valence-corrected chi connectivity index (χ1v) is 6.45. The van der Waals surface area contributed by atoms with Gasteiger partial charge in [0.2, 0.25) is 11.7 Å². The first-order chi connectivity index (χ1) is 9.51. The first-order valence-electron chi connectivity index (χ1n) is 5.33. The number of halogens is 3. The van der Waals surface area contributed by atoms with Crippen LogP contribution in [0.1, 0.15) is 5.56 Å². The van der Waals surface area contributed by atoms with Gasteiger partial charge in [-0.05, 0) is 5.56 Å². The molecule has 0 aliphatic heterocycles. The Morgan fingerprint density at radius 1 is 1.30 bits per heavy atom. The van der Waals surface area contributed by atoms with E-state index in [4.69, 9.17) is 4.74 Å². The molecule has 5 nitrogen and oxygen atoms in total. The summed E-state index contributed by atoms with van der Waals surface area (Å²) in [6, 6.07) is 4.26. The largest absolute Gasteiger partial charge is 0.436 e. The van der Waals surface area contributed by atoms with Crippen LogP contribution in [0.5, 0.6) is 11.6 Å². The van der Waals surface area contributed by atoms with E-state index in [2.05, 4.69) is 20.9 Å². The molecule has 0 radical (unpaired) electrons. The molecule has 104 valence electrons. The Balaban J connectivity index is 2.29. The number of aromatic nitrogens is 1. The zero-order valence-electron chi connectivity index (χ0n) is 9.85. The van der Waals surface area contributed by atoms with E-state index in [0.717, 1.165) is 5.56 Å². The minimum absolute atomic E-state index is 0.0573. The van der Waals surface area contributed by atoms with E-state index in [1.165, 1.54) is 12.3 Å². The van der Waals surface area contributed by atoms with Gasteiger partial charge in [-0.15, -0.1) is 0 Å². The van der Waals surface area contributed by atoms with Gasteiger partial charge >= 0.3 is 5.69 Å². The summed E-state index contributed by atoms with van der Waals surface area (Å²) in [6.45, 7) is 0. The van der Waals surface area contributed by atoms with E-state index in [0.29, 0.717) is 17.5 Å². The van der Waals surface area contributed by atoms with Gasteiger partial charge in [0.25, 0.3) is 0 Å². The number of nitro benzene ring substituents is 1. The molecule has 20 heavy (non-hydrogen) atoms. The van der Waals surface area contributed by atoms with Crippen LogP contribution >= 0.6 is 15.9 Å². The van der Waals surface area contributed by atoms with E-state index in [9.17, 15) is 18.9 Å². The molecular weight excluding hydrogens is 338 g/mol. The molecule has 0 amide bonds. The van der Waals surface area contributed by atoms with Crippen LogP contribution in [0.2, 0.25) is 0 Å². The third kappa shape index (κ3) is 3.08. The SMILES string of the molecule is O=[N+]([O-])c1cc(F)c(Oc2ccc(CBr)cn2)cc1F. The van der Waals surface area contributed by atoms with Crippen LogP contribution in [0.15, 0.2) is 30.5 Å². The van der Waals surface area contributed by atoms with E-state index >= 15 is 0 Å². The fourth-order valence-electron chi connectivity index (χ4n) is 1.40. The lowest BCUT2D eigenvalue weighted by atomic mass is 10.3. The number of alkyl halides is 1.